The minimum absolute atomic E-state index is 0.0945. The molecule has 4 atom stereocenters. The molecule has 3 fully saturated rings. The van der Waals surface area contributed by atoms with Gasteiger partial charge in [-0.25, -0.2) is 4.98 Å². The first kappa shape index (κ1) is 31.7. The van der Waals surface area contributed by atoms with Crippen LogP contribution in [-0.4, -0.2) is 83.2 Å². The lowest BCUT2D eigenvalue weighted by atomic mass is 9.91. The molecule has 0 saturated carbocycles. The van der Waals surface area contributed by atoms with Crippen LogP contribution in [0.5, 0.6) is 0 Å². The van der Waals surface area contributed by atoms with E-state index in [0.29, 0.717) is 30.7 Å². The Bertz CT molecular complexity index is 1460. The van der Waals surface area contributed by atoms with Gasteiger partial charge in [0.2, 0.25) is 11.8 Å². The number of anilines is 1. The number of hydrogen-bond acceptors (Lipinski definition) is 10. The molecule has 3 aliphatic rings. The van der Waals surface area contributed by atoms with Crippen molar-refractivity contribution in [2.45, 2.75) is 77.4 Å². The Morgan fingerprint density at radius 2 is 1.80 bits per heavy atom. The summed E-state index contributed by atoms with van der Waals surface area (Å²) >= 11 is 1.60. The number of amides is 2. The maximum absolute atomic E-state index is 14.1. The Balaban J connectivity index is 1.10. The third-order valence-corrected chi connectivity index (χ3v) is 10.3. The molecule has 2 N–H and O–H groups in total. The van der Waals surface area contributed by atoms with Gasteiger partial charge in [-0.15, -0.1) is 11.3 Å². The number of nitrogens with zero attached hydrogens (tertiary/aromatic N) is 4. The first-order valence-corrected chi connectivity index (χ1v) is 16.8. The number of rotatable bonds is 9. The number of carbonyl (C=O) groups excluding carboxylic acids is 2. The predicted molar refractivity (Wildman–Crippen MR) is 170 cm³/mol. The molecular weight excluding hydrogens is 594 g/mol. The number of β-amino-alcohol motifs (C(OH)–C–C–N with tert-alkyl or cyclic N) is 1. The van der Waals surface area contributed by atoms with Crippen LogP contribution in [-0.2, 0) is 19.1 Å². The number of aryl methyl sites for hydroxylation is 1. The van der Waals surface area contributed by atoms with E-state index in [2.05, 4.69) is 20.4 Å². The SMILES string of the molecule is Cc1ncsc1-c1ccc([C@H](C)NC(=O)[C@@H]2C[C@@H](O)CN2C(=O)C(c2cc(N3CCC(C4OCCO4)CC3)no2)C(C)C)cc1. The fraction of sp³-hybridized carbons (Fsp3) is 0.576. The van der Waals surface area contributed by atoms with Crippen molar-refractivity contribution in [3.05, 3.63) is 52.9 Å². The van der Waals surface area contributed by atoms with Gasteiger partial charge >= 0.3 is 0 Å². The molecule has 6 rings (SSSR count). The molecule has 5 heterocycles. The molecule has 0 spiro atoms. The van der Waals surface area contributed by atoms with E-state index in [-0.39, 0.29) is 43.0 Å². The van der Waals surface area contributed by atoms with Crippen LogP contribution in [0.15, 0.2) is 40.4 Å². The second-order valence-corrected chi connectivity index (χ2v) is 13.6. The number of thiazole rings is 1. The third kappa shape index (κ3) is 6.79. The number of ether oxygens (including phenoxy) is 2. The molecule has 1 aromatic carbocycles. The van der Waals surface area contributed by atoms with Gasteiger partial charge in [-0.2, -0.15) is 0 Å². The van der Waals surface area contributed by atoms with E-state index < -0.39 is 18.1 Å². The van der Waals surface area contributed by atoms with Crippen molar-refractivity contribution >= 4 is 29.0 Å². The van der Waals surface area contributed by atoms with Gasteiger partial charge in [0.15, 0.2) is 17.9 Å². The second kappa shape index (κ2) is 13.6. The molecule has 3 aliphatic heterocycles. The van der Waals surface area contributed by atoms with Gasteiger partial charge < -0.3 is 34.2 Å². The van der Waals surface area contributed by atoms with Crippen molar-refractivity contribution in [2.75, 3.05) is 37.7 Å². The summed E-state index contributed by atoms with van der Waals surface area (Å²) in [6.45, 7) is 10.8. The zero-order valence-corrected chi connectivity index (χ0v) is 27.2. The topological polar surface area (TPSA) is 130 Å². The molecule has 0 radical (unpaired) electrons. The average Bonchev–Trinajstić information content (AvgIpc) is 3.85. The molecule has 0 aliphatic carbocycles. The summed E-state index contributed by atoms with van der Waals surface area (Å²) in [6.07, 6.45) is 1.14. The van der Waals surface area contributed by atoms with Crippen molar-refractivity contribution < 1.29 is 28.7 Å². The highest BCUT2D eigenvalue weighted by Gasteiger charge is 2.43. The monoisotopic (exact) mass is 637 g/mol. The lowest BCUT2D eigenvalue weighted by molar-refractivity contribution is -0.141. The van der Waals surface area contributed by atoms with Crippen LogP contribution in [0.1, 0.15) is 69.0 Å². The molecule has 45 heavy (non-hydrogen) atoms. The predicted octanol–water partition coefficient (Wildman–Crippen LogP) is 4.27. The summed E-state index contributed by atoms with van der Waals surface area (Å²) in [6, 6.07) is 8.86. The van der Waals surface area contributed by atoms with Crippen molar-refractivity contribution in [2.24, 2.45) is 11.8 Å². The first-order valence-electron chi connectivity index (χ1n) is 15.9. The zero-order valence-electron chi connectivity index (χ0n) is 26.3. The Hall–Kier alpha value is -3.32. The quantitative estimate of drug-likeness (QED) is 0.353. The van der Waals surface area contributed by atoms with Crippen LogP contribution in [0.2, 0.25) is 0 Å². The highest BCUT2D eigenvalue weighted by molar-refractivity contribution is 7.13. The van der Waals surface area contributed by atoms with E-state index in [9.17, 15) is 14.7 Å². The largest absolute Gasteiger partial charge is 0.391 e. The summed E-state index contributed by atoms with van der Waals surface area (Å²) in [4.78, 5) is 36.8. The van der Waals surface area contributed by atoms with Crippen LogP contribution < -0.4 is 10.2 Å². The minimum atomic E-state index is -0.783. The minimum Gasteiger partial charge on any atom is -0.391 e. The lowest BCUT2D eigenvalue weighted by Gasteiger charge is -2.33. The number of carbonyl (C=O) groups is 2. The highest BCUT2D eigenvalue weighted by atomic mass is 32.1. The lowest BCUT2D eigenvalue weighted by Crippen LogP contribution is -2.48. The summed E-state index contributed by atoms with van der Waals surface area (Å²) in [5.41, 5.74) is 4.86. The fourth-order valence-electron chi connectivity index (χ4n) is 6.74. The first-order chi connectivity index (χ1) is 21.7. The van der Waals surface area contributed by atoms with Crippen LogP contribution >= 0.6 is 11.3 Å². The Labute approximate surface area is 267 Å². The van der Waals surface area contributed by atoms with Crippen molar-refractivity contribution in [1.82, 2.24) is 20.4 Å². The van der Waals surface area contributed by atoms with Crippen LogP contribution in [0.3, 0.4) is 0 Å². The van der Waals surface area contributed by atoms with Gasteiger partial charge in [-0.1, -0.05) is 43.3 Å². The fourth-order valence-corrected chi connectivity index (χ4v) is 7.55. The molecule has 3 aromatic rings. The summed E-state index contributed by atoms with van der Waals surface area (Å²) < 4.78 is 17.2. The molecule has 1 unspecified atom stereocenters. The van der Waals surface area contributed by atoms with Gasteiger partial charge in [0, 0.05) is 38.0 Å². The number of piperidine rings is 1. The molecule has 12 heteroatoms. The Morgan fingerprint density at radius 3 is 2.44 bits per heavy atom. The standard InChI is InChI=1S/C33H43N5O6S/c1-19(2)29(27-16-28(36-44-27)37-11-9-24(10-12-37)33-42-13-14-43-33)32(41)38-17-25(39)15-26(38)31(40)35-20(3)22-5-7-23(8-6-22)30-21(4)34-18-45-30/h5-8,16,18-20,24-26,29,33,39H,9-15,17H2,1-4H3,(H,35,40)/t20-,25+,26-,29?/m0/s1. The van der Waals surface area contributed by atoms with Crippen molar-refractivity contribution in [3.8, 4) is 10.4 Å². The molecule has 3 saturated heterocycles. The smallest absolute Gasteiger partial charge is 0.243 e. The number of nitrogens with one attached hydrogen (secondary N) is 1. The van der Waals surface area contributed by atoms with Crippen LogP contribution in [0, 0.1) is 18.8 Å². The van der Waals surface area contributed by atoms with Crippen molar-refractivity contribution in [1.29, 1.82) is 0 Å². The highest BCUT2D eigenvalue weighted by Crippen LogP contribution is 2.35. The van der Waals surface area contributed by atoms with Gasteiger partial charge in [-0.05, 0) is 43.7 Å². The van der Waals surface area contributed by atoms with Gasteiger partial charge in [-0.3, -0.25) is 9.59 Å². The van der Waals surface area contributed by atoms with Gasteiger partial charge in [0.25, 0.3) is 0 Å². The van der Waals surface area contributed by atoms with E-state index in [1.54, 1.807) is 11.3 Å². The van der Waals surface area contributed by atoms with Crippen LogP contribution in [0.25, 0.3) is 10.4 Å². The number of aliphatic hydroxyl groups is 1. The maximum atomic E-state index is 14.1. The summed E-state index contributed by atoms with van der Waals surface area (Å²) in [5.74, 6) is 0.270. The van der Waals surface area contributed by atoms with Crippen molar-refractivity contribution in [3.63, 3.8) is 0 Å². The van der Waals surface area contributed by atoms with Gasteiger partial charge in [0.1, 0.15) is 12.0 Å². The van der Waals surface area contributed by atoms with Gasteiger partial charge in [0.05, 0.1) is 41.4 Å². The molecule has 0 bridgehead atoms. The van der Waals surface area contributed by atoms with E-state index in [1.807, 2.05) is 63.5 Å². The number of hydrogen-bond donors (Lipinski definition) is 2. The molecule has 242 valence electrons. The maximum Gasteiger partial charge on any atom is 0.243 e. The molecule has 11 nitrogen and oxygen atoms in total. The third-order valence-electron chi connectivity index (χ3n) is 9.29. The summed E-state index contributed by atoms with van der Waals surface area (Å²) in [7, 11) is 0. The van der Waals surface area contributed by atoms with Crippen LogP contribution in [0.4, 0.5) is 5.82 Å². The Kier molecular flexibility index (Phi) is 9.55. The van der Waals surface area contributed by atoms with E-state index in [0.717, 1.165) is 47.6 Å². The van der Waals surface area contributed by atoms with E-state index >= 15 is 0 Å². The average molecular weight is 638 g/mol. The van der Waals surface area contributed by atoms with E-state index in [1.165, 1.54) is 4.90 Å². The zero-order chi connectivity index (χ0) is 31.7. The number of likely N-dealkylation sites (tertiary alicyclic amines) is 1. The molecule has 2 aromatic heterocycles. The second-order valence-electron chi connectivity index (χ2n) is 12.8. The molecular formula is C33H43N5O6S. The number of aromatic nitrogens is 2. The number of benzene rings is 1. The number of aliphatic hydroxyl groups excluding tert-OH is 1. The Morgan fingerprint density at radius 1 is 1.09 bits per heavy atom. The molecule has 2 amide bonds. The normalized spacial score (nSPS) is 22.7. The summed E-state index contributed by atoms with van der Waals surface area (Å²) in [5, 5.41) is 18.0. The van der Waals surface area contributed by atoms with E-state index in [4.69, 9.17) is 14.0 Å².